The molecule has 3 aliphatic carbocycles. The van der Waals surface area contributed by atoms with Gasteiger partial charge in [-0.2, -0.15) is 0 Å². The summed E-state index contributed by atoms with van der Waals surface area (Å²) in [5, 5.41) is 0. The lowest BCUT2D eigenvalue weighted by atomic mass is 9.70. The molecule has 14 rings (SSSR count). The third kappa shape index (κ3) is 6.15. The number of benzene rings is 10. The molecule has 0 fully saturated rings. The van der Waals surface area contributed by atoms with Crippen LogP contribution in [0.1, 0.15) is 40.2 Å². The summed E-state index contributed by atoms with van der Waals surface area (Å²) in [6.45, 7) is 0. The Labute approximate surface area is 408 Å². The third-order valence-electron chi connectivity index (χ3n) is 14.9. The smallest absolute Gasteiger partial charge is 0.178 e. The summed E-state index contributed by atoms with van der Waals surface area (Å²) in [7, 11) is 0. The predicted octanol–water partition coefficient (Wildman–Crippen LogP) is 17.7. The normalized spacial score (nSPS) is 15.0. The lowest BCUT2D eigenvalue weighted by Crippen LogP contribution is -2.25. The molecular weight excluding hydrogens is 851 g/mol. The van der Waals surface area contributed by atoms with Crippen molar-refractivity contribution in [2.75, 3.05) is 4.90 Å². The first-order chi connectivity index (χ1) is 34.7. The van der Waals surface area contributed by atoms with Gasteiger partial charge in [0, 0.05) is 28.4 Å². The van der Waals surface area contributed by atoms with Gasteiger partial charge in [0.25, 0.3) is 0 Å². The molecule has 0 radical (unpaired) electrons. The molecule has 0 bridgehead atoms. The van der Waals surface area contributed by atoms with Crippen molar-refractivity contribution in [3.8, 4) is 78.6 Å². The van der Waals surface area contributed by atoms with Crippen molar-refractivity contribution in [2.24, 2.45) is 0 Å². The Bertz CT molecular complexity index is 3710. The van der Waals surface area contributed by atoms with Crippen molar-refractivity contribution >= 4 is 11.4 Å². The molecule has 1 spiro atoms. The number of rotatable bonds is 7. The molecule has 330 valence electrons. The van der Waals surface area contributed by atoms with Gasteiger partial charge in [0.2, 0.25) is 0 Å². The molecule has 3 nitrogen and oxygen atoms in total. The van der Waals surface area contributed by atoms with E-state index in [0.717, 1.165) is 34.6 Å². The second kappa shape index (κ2) is 16.1. The molecule has 10 aromatic carbocycles. The van der Waals surface area contributed by atoms with Gasteiger partial charge in [0.1, 0.15) is 0 Å². The quantitative estimate of drug-likeness (QED) is 0.159. The number of hydrogen-bond acceptors (Lipinski definition) is 3. The maximum absolute atomic E-state index is 7.26. The standard InChI is InChI=1S/C67H45NO2/c1-3-18-44(19-4-1)45-34-38-48(39-35-45)68(49-40-36-47(37-41-49)51-23-8-7-22-50(51)46-20-5-2-6-21-46)62-32-16-12-27-55(62)56-28-17-33-63-66(56)70-65-43-61-57(42-64(65)69-63)54-26-11-15-31-60(54)67(61)58-29-13-9-24-52(58)53-25-10-14-30-59(53)67/h1-36,38-43,47H,37H2. The zero-order chi connectivity index (χ0) is 46.2. The Morgan fingerprint density at radius 2 is 0.929 bits per heavy atom. The van der Waals surface area contributed by atoms with Crippen LogP contribution in [0.5, 0.6) is 23.0 Å². The molecule has 10 aromatic rings. The van der Waals surface area contributed by atoms with Gasteiger partial charge in [-0.15, -0.1) is 0 Å². The van der Waals surface area contributed by atoms with Crippen molar-refractivity contribution in [1.82, 2.24) is 0 Å². The minimum atomic E-state index is -0.496. The van der Waals surface area contributed by atoms with Crippen molar-refractivity contribution in [3.05, 3.63) is 288 Å². The highest BCUT2D eigenvalue weighted by molar-refractivity contribution is 5.96. The number of nitrogens with zero attached hydrogens (tertiary/aromatic N) is 1. The van der Waals surface area contributed by atoms with E-state index in [1.807, 2.05) is 6.07 Å². The summed E-state index contributed by atoms with van der Waals surface area (Å²) in [5.74, 6) is 3.03. The van der Waals surface area contributed by atoms with Crippen LogP contribution in [-0.2, 0) is 5.41 Å². The summed E-state index contributed by atoms with van der Waals surface area (Å²) in [5.41, 5.74) is 20.9. The van der Waals surface area contributed by atoms with Crippen LogP contribution in [0.3, 0.4) is 0 Å². The number of hydrogen-bond donors (Lipinski definition) is 0. The Morgan fingerprint density at radius 1 is 0.386 bits per heavy atom. The number of allylic oxidation sites excluding steroid dienone is 3. The highest BCUT2D eigenvalue weighted by Gasteiger charge is 2.52. The van der Waals surface area contributed by atoms with Crippen LogP contribution in [-0.4, -0.2) is 0 Å². The fourth-order valence-electron chi connectivity index (χ4n) is 11.9. The van der Waals surface area contributed by atoms with E-state index in [1.54, 1.807) is 0 Å². The Morgan fingerprint density at radius 3 is 1.60 bits per heavy atom. The van der Waals surface area contributed by atoms with E-state index in [-0.39, 0.29) is 5.92 Å². The van der Waals surface area contributed by atoms with Crippen LogP contribution in [0.15, 0.2) is 261 Å². The average Bonchev–Trinajstić information content (AvgIpc) is 3.89. The maximum atomic E-state index is 7.26. The summed E-state index contributed by atoms with van der Waals surface area (Å²) >= 11 is 0. The minimum Gasteiger partial charge on any atom is -0.449 e. The molecule has 70 heavy (non-hydrogen) atoms. The predicted molar refractivity (Wildman–Crippen MR) is 285 cm³/mol. The Kier molecular flexibility index (Phi) is 9.25. The van der Waals surface area contributed by atoms with E-state index in [9.17, 15) is 0 Å². The van der Waals surface area contributed by atoms with Crippen molar-refractivity contribution in [1.29, 1.82) is 0 Å². The number of ether oxygens (including phenoxy) is 2. The van der Waals surface area contributed by atoms with E-state index in [2.05, 4.69) is 254 Å². The van der Waals surface area contributed by atoms with Crippen LogP contribution < -0.4 is 14.4 Å². The average molecular weight is 896 g/mol. The highest BCUT2D eigenvalue weighted by atomic mass is 16.6. The zero-order valence-electron chi connectivity index (χ0n) is 38.3. The summed E-state index contributed by atoms with van der Waals surface area (Å²) in [4.78, 5) is 2.40. The van der Waals surface area contributed by atoms with Crippen LogP contribution in [0, 0.1) is 0 Å². The maximum Gasteiger partial charge on any atom is 0.178 e. The first kappa shape index (κ1) is 40.2. The van der Waals surface area contributed by atoms with Gasteiger partial charge in [-0.3, -0.25) is 0 Å². The molecule has 1 atom stereocenters. The highest BCUT2D eigenvalue weighted by Crippen LogP contribution is 2.65. The SMILES string of the molecule is C1=CC(c2ccccc2-c2ccccc2)CC=C1N(c1ccc(-c2ccccc2)cc1)c1ccccc1-c1cccc2c1Oc1cc3c(cc1O2)-c1ccccc1C31c2ccccc2-c2ccccc21. The van der Waals surface area contributed by atoms with Crippen LogP contribution >= 0.6 is 0 Å². The Hall–Kier alpha value is -8.92. The molecule has 0 saturated carbocycles. The fourth-order valence-corrected chi connectivity index (χ4v) is 11.9. The van der Waals surface area contributed by atoms with Crippen molar-refractivity contribution in [2.45, 2.75) is 17.8 Å². The largest absolute Gasteiger partial charge is 0.449 e. The van der Waals surface area contributed by atoms with Crippen molar-refractivity contribution < 1.29 is 9.47 Å². The summed E-state index contributed by atoms with van der Waals surface area (Å²) in [6, 6.07) is 85.2. The monoisotopic (exact) mass is 895 g/mol. The first-order valence-corrected chi connectivity index (χ1v) is 24.3. The molecule has 0 aromatic heterocycles. The van der Waals surface area contributed by atoms with E-state index >= 15 is 0 Å². The molecule has 1 aliphatic heterocycles. The van der Waals surface area contributed by atoms with Crippen LogP contribution in [0.2, 0.25) is 0 Å². The molecule has 3 heteroatoms. The third-order valence-corrected chi connectivity index (χ3v) is 14.9. The zero-order valence-corrected chi connectivity index (χ0v) is 38.3. The van der Waals surface area contributed by atoms with Gasteiger partial charge in [0.15, 0.2) is 23.0 Å². The summed E-state index contributed by atoms with van der Waals surface area (Å²) < 4.78 is 14.2. The Balaban J connectivity index is 0.882. The fraction of sp³-hybridized carbons (Fsp3) is 0.0448. The first-order valence-electron chi connectivity index (χ1n) is 24.3. The van der Waals surface area contributed by atoms with Gasteiger partial charge in [0.05, 0.1) is 11.1 Å². The molecule has 0 amide bonds. The van der Waals surface area contributed by atoms with Gasteiger partial charge in [-0.05, 0) is 121 Å². The second-order valence-electron chi connectivity index (χ2n) is 18.6. The lowest BCUT2D eigenvalue weighted by Gasteiger charge is -2.32. The second-order valence-corrected chi connectivity index (χ2v) is 18.6. The van der Waals surface area contributed by atoms with E-state index in [0.29, 0.717) is 23.0 Å². The van der Waals surface area contributed by atoms with Gasteiger partial charge >= 0.3 is 0 Å². The lowest BCUT2D eigenvalue weighted by molar-refractivity contribution is 0.360. The van der Waals surface area contributed by atoms with Gasteiger partial charge in [-0.25, -0.2) is 0 Å². The molecule has 4 aliphatic rings. The molecule has 1 heterocycles. The summed E-state index contributed by atoms with van der Waals surface area (Å²) in [6.07, 6.45) is 7.95. The van der Waals surface area contributed by atoms with E-state index in [1.165, 1.54) is 72.3 Å². The van der Waals surface area contributed by atoms with Gasteiger partial charge < -0.3 is 14.4 Å². The number of anilines is 2. The van der Waals surface area contributed by atoms with Gasteiger partial charge in [-0.1, -0.05) is 212 Å². The number of fused-ring (bicyclic) bond motifs is 12. The molecule has 0 saturated heterocycles. The van der Waals surface area contributed by atoms with E-state index in [4.69, 9.17) is 9.47 Å². The topological polar surface area (TPSA) is 21.7 Å². The van der Waals surface area contributed by atoms with Crippen LogP contribution in [0.25, 0.3) is 55.6 Å². The van der Waals surface area contributed by atoms with Crippen molar-refractivity contribution in [3.63, 3.8) is 0 Å². The van der Waals surface area contributed by atoms with Crippen LogP contribution in [0.4, 0.5) is 11.4 Å². The molecule has 1 unspecified atom stereocenters. The molecular formula is C67H45NO2. The molecule has 0 N–H and O–H groups in total. The number of para-hydroxylation sites is 2. The van der Waals surface area contributed by atoms with E-state index < -0.39 is 5.41 Å². The minimum absolute atomic E-state index is 0.226.